The summed E-state index contributed by atoms with van der Waals surface area (Å²) in [5.41, 5.74) is 3.17. The van der Waals surface area contributed by atoms with Crippen LogP contribution in [0.5, 0.6) is 0 Å². The lowest BCUT2D eigenvalue weighted by atomic mass is 9.76. The molecular formula is C19H16FNO2. The van der Waals surface area contributed by atoms with Crippen molar-refractivity contribution in [2.24, 2.45) is 5.92 Å². The molecule has 3 nitrogen and oxygen atoms in total. The number of anilines is 1. The first-order valence-electron chi connectivity index (χ1n) is 7.69. The van der Waals surface area contributed by atoms with Crippen LogP contribution in [0.15, 0.2) is 54.6 Å². The Bertz CT molecular complexity index is 815. The first-order chi connectivity index (χ1) is 11.1. The van der Waals surface area contributed by atoms with Crippen LogP contribution in [0.25, 0.3) is 0 Å². The molecule has 116 valence electrons. The van der Waals surface area contributed by atoms with Crippen LogP contribution in [0.3, 0.4) is 0 Å². The molecule has 0 fully saturated rings. The second-order valence-corrected chi connectivity index (χ2v) is 6.14. The molecule has 0 amide bonds. The molecule has 0 unspecified atom stereocenters. The van der Waals surface area contributed by atoms with Crippen LogP contribution in [-0.4, -0.2) is 11.1 Å². The van der Waals surface area contributed by atoms with Gasteiger partial charge in [0.25, 0.3) is 0 Å². The Morgan fingerprint density at radius 3 is 2.87 bits per heavy atom. The quantitative estimate of drug-likeness (QED) is 0.811. The first-order valence-corrected chi connectivity index (χ1v) is 7.69. The molecule has 23 heavy (non-hydrogen) atoms. The molecule has 1 heterocycles. The van der Waals surface area contributed by atoms with Gasteiger partial charge in [-0.25, -0.2) is 9.18 Å². The van der Waals surface area contributed by atoms with E-state index in [9.17, 15) is 14.3 Å². The summed E-state index contributed by atoms with van der Waals surface area (Å²) in [7, 11) is 0. The minimum Gasteiger partial charge on any atom is -0.478 e. The van der Waals surface area contributed by atoms with E-state index in [0.717, 1.165) is 23.2 Å². The third-order valence-electron chi connectivity index (χ3n) is 4.82. The van der Waals surface area contributed by atoms with Crippen LogP contribution < -0.4 is 5.32 Å². The lowest BCUT2D eigenvalue weighted by Gasteiger charge is -2.37. The van der Waals surface area contributed by atoms with Gasteiger partial charge in [-0.2, -0.15) is 0 Å². The Kier molecular flexibility index (Phi) is 3.18. The summed E-state index contributed by atoms with van der Waals surface area (Å²) in [6.45, 7) is 0. The Morgan fingerprint density at radius 2 is 2.09 bits per heavy atom. The normalized spacial score (nSPS) is 24.7. The number of carboxylic acids is 1. The molecule has 2 N–H and O–H groups in total. The lowest BCUT2D eigenvalue weighted by Crippen LogP contribution is -2.29. The van der Waals surface area contributed by atoms with Crippen molar-refractivity contribution >= 4 is 11.7 Å². The molecule has 2 aromatic rings. The van der Waals surface area contributed by atoms with Gasteiger partial charge in [-0.15, -0.1) is 0 Å². The van der Waals surface area contributed by atoms with E-state index in [1.165, 1.54) is 6.07 Å². The zero-order chi connectivity index (χ0) is 16.0. The standard InChI is InChI=1S/C19H16FNO2/c20-13-4-1-3-11(9-13)18-15-6-2-5-14(15)16-10-12(19(22)23)7-8-17(16)21-18/h1-5,7-10,14-15,18,21H,6H2,(H,22,23)/t14-,15-,18+/m0/s1. The second-order valence-electron chi connectivity index (χ2n) is 6.14. The molecule has 4 heteroatoms. The predicted octanol–water partition coefficient (Wildman–Crippen LogP) is 4.35. The Labute approximate surface area is 133 Å². The van der Waals surface area contributed by atoms with E-state index in [1.807, 2.05) is 12.1 Å². The van der Waals surface area contributed by atoms with Gasteiger partial charge in [0, 0.05) is 11.6 Å². The van der Waals surface area contributed by atoms with Crippen LogP contribution >= 0.6 is 0 Å². The summed E-state index contributed by atoms with van der Waals surface area (Å²) in [6.07, 6.45) is 5.17. The third kappa shape index (κ3) is 2.31. The number of benzene rings is 2. The van der Waals surface area contributed by atoms with Crippen LogP contribution in [0.1, 0.15) is 39.9 Å². The average molecular weight is 309 g/mol. The maximum atomic E-state index is 13.6. The number of aromatic carboxylic acids is 1. The number of carboxylic acid groups (broad SMARTS) is 1. The topological polar surface area (TPSA) is 49.3 Å². The van der Waals surface area contributed by atoms with Crippen molar-refractivity contribution < 1.29 is 14.3 Å². The number of nitrogens with one attached hydrogen (secondary N) is 1. The lowest BCUT2D eigenvalue weighted by molar-refractivity contribution is 0.0696. The third-order valence-corrected chi connectivity index (χ3v) is 4.82. The van der Waals surface area contributed by atoms with Crippen molar-refractivity contribution in [1.82, 2.24) is 0 Å². The molecule has 0 saturated carbocycles. The van der Waals surface area contributed by atoms with E-state index in [-0.39, 0.29) is 23.7 Å². The van der Waals surface area contributed by atoms with Gasteiger partial charge in [-0.1, -0.05) is 24.3 Å². The average Bonchev–Trinajstić information content (AvgIpc) is 3.03. The molecule has 4 rings (SSSR count). The largest absolute Gasteiger partial charge is 0.478 e. The summed E-state index contributed by atoms with van der Waals surface area (Å²) in [4.78, 5) is 11.2. The SMILES string of the molecule is O=C(O)c1ccc2c(c1)[C@H]1C=CC[C@@H]1[C@@H](c1cccc(F)c1)N2. The van der Waals surface area contributed by atoms with Crippen molar-refractivity contribution in [3.05, 3.63) is 77.1 Å². The number of carbonyl (C=O) groups is 1. The van der Waals surface area contributed by atoms with E-state index < -0.39 is 5.97 Å². The fourth-order valence-electron chi connectivity index (χ4n) is 3.76. The smallest absolute Gasteiger partial charge is 0.335 e. The minimum atomic E-state index is -0.918. The van der Waals surface area contributed by atoms with Crippen LogP contribution in [0, 0.1) is 11.7 Å². The highest BCUT2D eigenvalue weighted by molar-refractivity contribution is 5.89. The van der Waals surface area contributed by atoms with Crippen LogP contribution in [-0.2, 0) is 0 Å². The highest BCUT2D eigenvalue weighted by Crippen LogP contribution is 2.49. The van der Waals surface area contributed by atoms with E-state index in [1.54, 1.807) is 24.3 Å². The molecule has 0 radical (unpaired) electrons. The number of allylic oxidation sites excluding steroid dienone is 2. The number of hydrogen-bond acceptors (Lipinski definition) is 2. The summed E-state index contributed by atoms with van der Waals surface area (Å²) >= 11 is 0. The monoisotopic (exact) mass is 309 g/mol. The van der Waals surface area contributed by atoms with Crippen molar-refractivity contribution in [2.75, 3.05) is 5.32 Å². The Balaban J connectivity index is 1.79. The summed E-state index contributed by atoms with van der Waals surface area (Å²) in [5.74, 6) is -0.718. The zero-order valence-corrected chi connectivity index (χ0v) is 12.4. The molecule has 1 aliphatic carbocycles. The molecule has 2 aromatic carbocycles. The van der Waals surface area contributed by atoms with E-state index in [4.69, 9.17) is 0 Å². The molecule has 0 bridgehead atoms. The number of fused-ring (bicyclic) bond motifs is 3. The maximum Gasteiger partial charge on any atom is 0.335 e. The number of hydrogen-bond donors (Lipinski definition) is 2. The molecule has 1 aliphatic heterocycles. The van der Waals surface area contributed by atoms with Gasteiger partial charge in [0.05, 0.1) is 11.6 Å². The molecular weight excluding hydrogens is 293 g/mol. The summed E-state index contributed by atoms with van der Waals surface area (Å²) in [6, 6.07) is 11.9. The van der Waals surface area contributed by atoms with Crippen molar-refractivity contribution in [1.29, 1.82) is 0 Å². The molecule has 0 spiro atoms. The predicted molar refractivity (Wildman–Crippen MR) is 86.2 cm³/mol. The Hall–Kier alpha value is -2.62. The van der Waals surface area contributed by atoms with Gasteiger partial charge in [0.15, 0.2) is 0 Å². The van der Waals surface area contributed by atoms with Crippen molar-refractivity contribution in [3.63, 3.8) is 0 Å². The Morgan fingerprint density at radius 1 is 1.22 bits per heavy atom. The van der Waals surface area contributed by atoms with Gasteiger partial charge in [-0.05, 0) is 53.8 Å². The molecule has 2 aliphatic rings. The zero-order valence-electron chi connectivity index (χ0n) is 12.4. The van der Waals surface area contributed by atoms with E-state index >= 15 is 0 Å². The van der Waals surface area contributed by atoms with Crippen molar-refractivity contribution in [3.8, 4) is 0 Å². The second kappa shape index (κ2) is 5.23. The fraction of sp³-hybridized carbons (Fsp3) is 0.211. The van der Waals surface area contributed by atoms with E-state index in [2.05, 4.69) is 17.5 Å². The van der Waals surface area contributed by atoms with Crippen LogP contribution in [0.2, 0.25) is 0 Å². The van der Waals surface area contributed by atoms with E-state index in [0.29, 0.717) is 5.56 Å². The van der Waals surface area contributed by atoms with Crippen LogP contribution in [0.4, 0.5) is 10.1 Å². The summed E-state index contributed by atoms with van der Waals surface area (Å²) < 4.78 is 13.6. The highest BCUT2D eigenvalue weighted by atomic mass is 19.1. The first kappa shape index (κ1) is 14.0. The highest BCUT2D eigenvalue weighted by Gasteiger charge is 2.38. The van der Waals surface area contributed by atoms with Gasteiger partial charge in [0.2, 0.25) is 0 Å². The maximum absolute atomic E-state index is 13.6. The minimum absolute atomic E-state index is 0.0221. The fourth-order valence-corrected chi connectivity index (χ4v) is 3.76. The van der Waals surface area contributed by atoms with Gasteiger partial charge in [-0.3, -0.25) is 0 Å². The number of rotatable bonds is 2. The van der Waals surface area contributed by atoms with Crippen molar-refractivity contribution in [2.45, 2.75) is 18.4 Å². The van der Waals surface area contributed by atoms with Gasteiger partial charge in [0.1, 0.15) is 5.82 Å². The summed E-state index contributed by atoms with van der Waals surface area (Å²) in [5, 5.41) is 12.7. The molecule has 3 atom stereocenters. The van der Waals surface area contributed by atoms with Gasteiger partial charge >= 0.3 is 5.97 Å². The van der Waals surface area contributed by atoms with Gasteiger partial charge < -0.3 is 10.4 Å². The molecule has 0 aromatic heterocycles. The number of halogens is 1. The molecule has 0 saturated heterocycles.